The van der Waals surface area contributed by atoms with E-state index in [0.717, 1.165) is 46.3 Å². The van der Waals surface area contributed by atoms with Crippen molar-refractivity contribution < 1.29 is 9.90 Å². The van der Waals surface area contributed by atoms with Gasteiger partial charge < -0.3 is 9.67 Å². The molecule has 1 N–H and O–H groups in total. The quantitative estimate of drug-likeness (QED) is 0.164. The van der Waals surface area contributed by atoms with Crippen molar-refractivity contribution in [1.82, 2.24) is 9.55 Å². The number of benzene rings is 5. The van der Waals surface area contributed by atoms with E-state index in [9.17, 15) is 9.90 Å². The van der Waals surface area contributed by atoms with Gasteiger partial charge in [0.1, 0.15) is 5.82 Å². The van der Waals surface area contributed by atoms with Crippen LogP contribution in [-0.2, 0) is 13.0 Å². The van der Waals surface area contributed by atoms with E-state index in [2.05, 4.69) is 71.3 Å². The number of fused-ring (bicyclic) bond motifs is 1. The zero-order valence-electron chi connectivity index (χ0n) is 24.0. The standard InChI is InChI=1S/C38H30Cl2N2O2/c39-32-15-10-26(11-16-32)36(27-12-17-33(40)18-13-27)31-14-19-34-35(23-31)42(37(41-34)28-6-7-28)21-20-24-2-1-3-30(22-24)25-4-8-29(9-5-25)38(43)44/h1-5,8-19,22-23,28,36H,6-7,20-21H2,(H,43,44). The molecule has 1 aromatic heterocycles. The lowest BCUT2D eigenvalue weighted by Gasteiger charge is -2.20. The molecule has 1 heterocycles. The molecule has 1 aliphatic carbocycles. The summed E-state index contributed by atoms with van der Waals surface area (Å²) in [6.45, 7) is 0.819. The molecule has 0 spiro atoms. The van der Waals surface area contributed by atoms with Crippen molar-refractivity contribution in [1.29, 1.82) is 0 Å². The van der Waals surface area contributed by atoms with Gasteiger partial charge in [-0.05, 0) is 101 Å². The number of nitrogens with zero attached hydrogens (tertiary/aromatic N) is 2. The molecule has 1 saturated carbocycles. The fourth-order valence-electron chi connectivity index (χ4n) is 6.07. The maximum absolute atomic E-state index is 11.3. The van der Waals surface area contributed by atoms with Crippen LogP contribution >= 0.6 is 23.2 Å². The lowest BCUT2D eigenvalue weighted by atomic mass is 9.85. The summed E-state index contributed by atoms with van der Waals surface area (Å²) in [5, 5.41) is 10.7. The zero-order valence-corrected chi connectivity index (χ0v) is 25.5. The average Bonchev–Trinajstić information content (AvgIpc) is 3.83. The summed E-state index contributed by atoms with van der Waals surface area (Å²) in [6, 6.07) is 38.4. The van der Waals surface area contributed by atoms with Crippen LogP contribution in [0.2, 0.25) is 10.0 Å². The molecule has 0 atom stereocenters. The van der Waals surface area contributed by atoms with E-state index in [-0.39, 0.29) is 5.92 Å². The van der Waals surface area contributed by atoms with Crippen LogP contribution in [0.1, 0.15) is 63.1 Å². The molecule has 0 aliphatic heterocycles. The van der Waals surface area contributed by atoms with Crippen molar-refractivity contribution in [2.24, 2.45) is 0 Å². The summed E-state index contributed by atoms with van der Waals surface area (Å²) < 4.78 is 2.42. The molecular weight excluding hydrogens is 587 g/mol. The minimum atomic E-state index is -0.917. The summed E-state index contributed by atoms with van der Waals surface area (Å²) in [4.78, 5) is 16.4. The Balaban J connectivity index is 1.24. The van der Waals surface area contributed by atoms with Crippen LogP contribution in [0, 0.1) is 0 Å². The third kappa shape index (κ3) is 5.88. The lowest BCUT2D eigenvalue weighted by Crippen LogP contribution is -2.07. The highest BCUT2D eigenvalue weighted by Gasteiger charge is 2.30. The predicted molar refractivity (Wildman–Crippen MR) is 178 cm³/mol. The van der Waals surface area contributed by atoms with Crippen LogP contribution in [-0.4, -0.2) is 20.6 Å². The first-order valence-electron chi connectivity index (χ1n) is 14.9. The second-order valence-electron chi connectivity index (χ2n) is 11.5. The summed E-state index contributed by atoms with van der Waals surface area (Å²) in [6.07, 6.45) is 3.21. The second-order valence-corrected chi connectivity index (χ2v) is 12.4. The van der Waals surface area contributed by atoms with Crippen LogP contribution in [0.3, 0.4) is 0 Å². The Labute approximate surface area is 266 Å². The largest absolute Gasteiger partial charge is 0.478 e. The third-order valence-corrected chi connectivity index (χ3v) is 9.00. The Bertz CT molecular complexity index is 1910. The Morgan fingerprint density at radius 2 is 1.41 bits per heavy atom. The molecule has 0 radical (unpaired) electrons. The van der Waals surface area contributed by atoms with E-state index < -0.39 is 5.97 Å². The van der Waals surface area contributed by atoms with Crippen LogP contribution in [0.5, 0.6) is 0 Å². The van der Waals surface area contributed by atoms with E-state index in [1.807, 2.05) is 36.4 Å². The molecular formula is C38H30Cl2N2O2. The number of aryl methyl sites for hydroxylation is 2. The van der Waals surface area contributed by atoms with E-state index in [0.29, 0.717) is 21.5 Å². The van der Waals surface area contributed by atoms with Gasteiger partial charge in [0, 0.05) is 28.4 Å². The highest BCUT2D eigenvalue weighted by atomic mass is 35.5. The van der Waals surface area contributed by atoms with E-state index >= 15 is 0 Å². The summed E-state index contributed by atoms with van der Waals surface area (Å²) in [5.74, 6) is 0.784. The molecule has 4 nitrogen and oxygen atoms in total. The van der Waals surface area contributed by atoms with Gasteiger partial charge in [-0.1, -0.05) is 89.9 Å². The fraction of sp³-hybridized carbons (Fsp3) is 0.158. The number of hydrogen-bond acceptors (Lipinski definition) is 2. The highest BCUT2D eigenvalue weighted by molar-refractivity contribution is 6.30. The SMILES string of the molecule is O=C(O)c1ccc(-c2cccc(CCn3c(C4CC4)nc4ccc(C(c5ccc(Cl)cc5)c5ccc(Cl)cc5)cc43)c2)cc1. The molecule has 0 bridgehead atoms. The monoisotopic (exact) mass is 616 g/mol. The van der Waals surface area contributed by atoms with E-state index in [4.69, 9.17) is 28.2 Å². The van der Waals surface area contributed by atoms with Crippen LogP contribution < -0.4 is 0 Å². The topological polar surface area (TPSA) is 55.1 Å². The zero-order chi connectivity index (χ0) is 30.2. The van der Waals surface area contributed by atoms with Gasteiger partial charge in [-0.2, -0.15) is 0 Å². The van der Waals surface area contributed by atoms with Gasteiger partial charge >= 0.3 is 5.97 Å². The number of imidazole rings is 1. The molecule has 1 aliphatic rings. The number of hydrogen-bond donors (Lipinski definition) is 1. The minimum absolute atomic E-state index is 0.0193. The van der Waals surface area contributed by atoms with Crippen molar-refractivity contribution in [3.8, 4) is 11.1 Å². The fourth-order valence-corrected chi connectivity index (χ4v) is 6.32. The van der Waals surface area contributed by atoms with Crippen molar-refractivity contribution >= 4 is 40.2 Å². The Kier molecular flexibility index (Phi) is 7.71. The normalized spacial score (nSPS) is 13.1. The Morgan fingerprint density at radius 1 is 0.773 bits per heavy atom. The number of carboxylic acids is 1. The molecule has 1 fully saturated rings. The second kappa shape index (κ2) is 12.0. The summed E-state index contributed by atoms with van der Waals surface area (Å²) in [7, 11) is 0. The first-order chi connectivity index (χ1) is 21.4. The molecule has 0 amide bonds. The van der Waals surface area contributed by atoms with Gasteiger partial charge in [-0.15, -0.1) is 0 Å². The molecule has 0 unspecified atom stereocenters. The molecule has 7 rings (SSSR count). The van der Waals surface area contributed by atoms with Gasteiger partial charge in [-0.25, -0.2) is 9.78 Å². The van der Waals surface area contributed by atoms with Gasteiger partial charge in [-0.3, -0.25) is 0 Å². The van der Waals surface area contributed by atoms with E-state index in [1.54, 1.807) is 12.1 Å². The smallest absolute Gasteiger partial charge is 0.335 e. The molecule has 6 aromatic rings. The maximum atomic E-state index is 11.3. The number of rotatable bonds is 9. The molecule has 0 saturated heterocycles. The molecule has 44 heavy (non-hydrogen) atoms. The van der Waals surface area contributed by atoms with Crippen molar-refractivity contribution in [2.45, 2.75) is 37.6 Å². The van der Waals surface area contributed by atoms with Gasteiger partial charge in [0.25, 0.3) is 0 Å². The molecule has 218 valence electrons. The van der Waals surface area contributed by atoms with Crippen LogP contribution in [0.15, 0.2) is 115 Å². The van der Waals surface area contributed by atoms with Gasteiger partial charge in [0.15, 0.2) is 0 Å². The third-order valence-electron chi connectivity index (χ3n) is 8.50. The maximum Gasteiger partial charge on any atom is 0.335 e. The highest BCUT2D eigenvalue weighted by Crippen LogP contribution is 2.42. The molecule has 6 heteroatoms. The number of aromatic nitrogens is 2. The molecule has 5 aromatic carbocycles. The number of carbonyl (C=O) groups is 1. The van der Waals surface area contributed by atoms with E-state index in [1.165, 1.54) is 29.8 Å². The van der Waals surface area contributed by atoms with Gasteiger partial charge in [0.05, 0.1) is 16.6 Å². The average molecular weight is 618 g/mol. The van der Waals surface area contributed by atoms with Crippen LogP contribution in [0.25, 0.3) is 22.2 Å². The van der Waals surface area contributed by atoms with Crippen LogP contribution in [0.4, 0.5) is 0 Å². The Hall–Kier alpha value is -4.38. The number of aromatic carboxylic acids is 1. The number of carboxylic acid groups (broad SMARTS) is 1. The lowest BCUT2D eigenvalue weighted by molar-refractivity contribution is 0.0697. The summed E-state index contributed by atoms with van der Waals surface area (Å²) in [5.41, 5.74) is 9.29. The van der Waals surface area contributed by atoms with Gasteiger partial charge in [0.2, 0.25) is 0 Å². The Morgan fingerprint density at radius 3 is 2.02 bits per heavy atom. The van der Waals surface area contributed by atoms with Crippen molar-refractivity contribution in [3.63, 3.8) is 0 Å². The summed E-state index contributed by atoms with van der Waals surface area (Å²) >= 11 is 12.5. The first-order valence-corrected chi connectivity index (χ1v) is 15.6. The van der Waals surface area contributed by atoms with Crippen molar-refractivity contribution in [2.75, 3.05) is 0 Å². The number of halogens is 2. The van der Waals surface area contributed by atoms with Crippen molar-refractivity contribution in [3.05, 3.63) is 159 Å². The minimum Gasteiger partial charge on any atom is -0.478 e. The first kappa shape index (κ1) is 28.4. The predicted octanol–water partition coefficient (Wildman–Crippen LogP) is 10.0.